The summed E-state index contributed by atoms with van der Waals surface area (Å²) in [5, 5.41) is 17.4. The van der Waals surface area contributed by atoms with E-state index >= 15 is 0 Å². The number of carbonyl (C=O) groups is 3. The van der Waals surface area contributed by atoms with Crippen LogP contribution in [0.25, 0.3) is 16.3 Å². The van der Waals surface area contributed by atoms with Crippen LogP contribution >= 0.6 is 35.3 Å². The van der Waals surface area contributed by atoms with E-state index in [1.54, 1.807) is 60.7 Å². The highest BCUT2D eigenvalue weighted by Gasteiger charge is 2.34. The fourth-order valence-corrected chi connectivity index (χ4v) is 7.06. The molecular formula is C32H21N5O5S3. The van der Waals surface area contributed by atoms with E-state index in [2.05, 4.69) is 15.6 Å². The summed E-state index contributed by atoms with van der Waals surface area (Å²) in [6, 6.07) is 25.7. The van der Waals surface area contributed by atoms with Crippen molar-refractivity contribution in [3.05, 3.63) is 123 Å². The molecule has 1 aromatic heterocycles. The average Bonchev–Trinajstić information content (AvgIpc) is 3.42. The molecule has 1 aliphatic rings. The molecule has 0 aliphatic carbocycles. The molecule has 1 aliphatic heterocycles. The van der Waals surface area contributed by atoms with Crippen LogP contribution in [-0.2, 0) is 9.59 Å². The minimum atomic E-state index is -0.692. The molecule has 222 valence electrons. The number of benzene rings is 4. The Morgan fingerprint density at radius 2 is 1.80 bits per heavy atom. The summed E-state index contributed by atoms with van der Waals surface area (Å²) in [7, 11) is 0. The zero-order valence-corrected chi connectivity index (χ0v) is 25.8. The van der Waals surface area contributed by atoms with Crippen molar-refractivity contribution in [2.75, 3.05) is 10.2 Å². The van der Waals surface area contributed by atoms with Crippen molar-refractivity contribution in [3.63, 3.8) is 0 Å². The summed E-state index contributed by atoms with van der Waals surface area (Å²) in [6.07, 6.45) is 1.31. The first-order valence-corrected chi connectivity index (χ1v) is 15.4. The summed E-state index contributed by atoms with van der Waals surface area (Å²) in [5.74, 6) is -1.55. The maximum Gasteiger partial charge on any atom is 0.283 e. The van der Waals surface area contributed by atoms with Gasteiger partial charge in [-0.2, -0.15) is 0 Å². The van der Waals surface area contributed by atoms with Crippen LogP contribution in [0, 0.1) is 17.0 Å². The number of hydrogen-bond donors (Lipinski definition) is 2. The molecule has 0 radical (unpaired) electrons. The Bertz CT molecular complexity index is 2080. The summed E-state index contributed by atoms with van der Waals surface area (Å²) in [5.41, 5.74) is 3.09. The Kier molecular flexibility index (Phi) is 8.22. The maximum absolute atomic E-state index is 13.3. The van der Waals surface area contributed by atoms with Gasteiger partial charge in [0.25, 0.3) is 23.4 Å². The predicted molar refractivity (Wildman–Crippen MR) is 179 cm³/mol. The predicted octanol–water partition coefficient (Wildman–Crippen LogP) is 6.75. The fraction of sp³-hybridized carbons (Fsp3) is 0.0312. The number of thiocarbonyl (C=S) groups is 1. The number of para-hydroxylation sites is 1. The number of nitro benzene ring substituents is 1. The first-order chi connectivity index (χ1) is 21.7. The third-order valence-electron chi connectivity index (χ3n) is 6.82. The lowest BCUT2D eigenvalue weighted by molar-refractivity contribution is -0.387. The minimum Gasteiger partial charge on any atom is -0.322 e. The van der Waals surface area contributed by atoms with Crippen molar-refractivity contribution < 1.29 is 19.3 Å². The van der Waals surface area contributed by atoms with Gasteiger partial charge in [-0.15, -0.1) is 11.3 Å². The van der Waals surface area contributed by atoms with E-state index in [1.165, 1.54) is 28.4 Å². The molecule has 3 amide bonds. The molecule has 10 nitrogen and oxygen atoms in total. The van der Waals surface area contributed by atoms with Crippen molar-refractivity contribution >= 4 is 91.5 Å². The lowest BCUT2D eigenvalue weighted by Crippen LogP contribution is -2.54. The van der Waals surface area contributed by atoms with Gasteiger partial charge in [-0.25, -0.2) is 4.98 Å². The normalized spacial score (nSPS) is 14.1. The monoisotopic (exact) mass is 651 g/mol. The molecule has 4 aromatic carbocycles. The number of thiazole rings is 1. The van der Waals surface area contributed by atoms with Crippen molar-refractivity contribution in [1.82, 2.24) is 10.3 Å². The van der Waals surface area contributed by atoms with Crippen LogP contribution in [0.2, 0.25) is 0 Å². The smallest absolute Gasteiger partial charge is 0.283 e. The van der Waals surface area contributed by atoms with Crippen molar-refractivity contribution in [3.8, 4) is 0 Å². The van der Waals surface area contributed by atoms with Crippen LogP contribution < -0.4 is 15.5 Å². The minimum absolute atomic E-state index is 0.0530. The second-order valence-corrected chi connectivity index (χ2v) is 12.5. The molecular weight excluding hydrogens is 631 g/mol. The number of nitro groups is 1. The molecule has 5 aromatic rings. The molecule has 2 N–H and O–H groups in total. The van der Waals surface area contributed by atoms with E-state index in [0.29, 0.717) is 37.3 Å². The number of carbonyl (C=O) groups excluding carboxylic acids is 3. The van der Waals surface area contributed by atoms with Crippen LogP contribution in [-0.4, -0.2) is 32.7 Å². The highest BCUT2D eigenvalue weighted by atomic mass is 32.2. The highest BCUT2D eigenvalue weighted by Crippen LogP contribution is 2.40. The third-order valence-corrected chi connectivity index (χ3v) is 9.25. The van der Waals surface area contributed by atoms with E-state index in [1.807, 2.05) is 31.2 Å². The van der Waals surface area contributed by atoms with E-state index in [-0.39, 0.29) is 22.3 Å². The zero-order valence-electron chi connectivity index (χ0n) is 23.3. The Morgan fingerprint density at radius 1 is 1.04 bits per heavy atom. The second-order valence-electron chi connectivity index (χ2n) is 9.81. The van der Waals surface area contributed by atoms with Gasteiger partial charge in [0.15, 0.2) is 9.45 Å². The van der Waals surface area contributed by atoms with Crippen molar-refractivity contribution in [2.24, 2.45) is 0 Å². The average molecular weight is 652 g/mol. The van der Waals surface area contributed by atoms with Crippen LogP contribution in [0.4, 0.5) is 17.1 Å². The topological polar surface area (TPSA) is 135 Å². The van der Waals surface area contributed by atoms with Crippen LogP contribution in [0.3, 0.4) is 0 Å². The van der Waals surface area contributed by atoms with Gasteiger partial charge >= 0.3 is 0 Å². The molecule has 0 spiro atoms. The van der Waals surface area contributed by atoms with Crippen molar-refractivity contribution in [1.29, 1.82) is 0 Å². The lowest BCUT2D eigenvalue weighted by atomic mass is 10.1. The number of anilines is 2. The fourth-order valence-electron chi connectivity index (χ4n) is 4.63. The zero-order chi connectivity index (χ0) is 31.7. The molecule has 1 fully saturated rings. The van der Waals surface area contributed by atoms with Gasteiger partial charge in [0, 0.05) is 17.3 Å². The van der Waals surface area contributed by atoms with Gasteiger partial charge in [0.1, 0.15) is 5.57 Å². The standard InChI is InChI=1S/C32H21N5O5S3/c1-18-7-5-6-10-22(18)28(38)33-20-12-13-24-27(17-20)45-32(34-24)44-26-14-11-19(16-25(26)37(41)42)15-23-29(39)35-31(43)36(30(23)40)21-8-3-2-4-9-21/h2-17H,1H3,(H,33,38)(H,35,39,43)/b23-15+. The Balaban J connectivity index is 1.24. The number of nitrogens with zero attached hydrogens (tertiary/aromatic N) is 3. The van der Waals surface area contributed by atoms with Gasteiger partial charge in [-0.3, -0.25) is 34.7 Å². The Hall–Kier alpha value is -5.24. The number of aryl methyl sites for hydroxylation is 1. The SMILES string of the molecule is Cc1ccccc1C(=O)Nc1ccc2nc(Sc3ccc(/C=C4\C(=O)NC(=S)N(c5ccccc5)C4=O)cc3[N+](=O)[O-])sc2c1. The molecule has 0 saturated carbocycles. The van der Waals surface area contributed by atoms with Crippen molar-refractivity contribution in [2.45, 2.75) is 16.2 Å². The molecule has 1 saturated heterocycles. The quantitative estimate of drug-likeness (QED) is 0.0649. The molecule has 2 heterocycles. The van der Waals surface area contributed by atoms with Gasteiger partial charge in [-0.05, 0) is 78.8 Å². The van der Waals surface area contributed by atoms with E-state index < -0.39 is 16.7 Å². The second kappa shape index (κ2) is 12.4. The first kappa shape index (κ1) is 29.8. The number of hydrogen-bond acceptors (Lipinski definition) is 9. The van der Waals surface area contributed by atoms with E-state index in [9.17, 15) is 24.5 Å². The molecule has 6 rings (SSSR count). The summed E-state index contributed by atoms with van der Waals surface area (Å²) in [4.78, 5) is 56.4. The van der Waals surface area contributed by atoms with Gasteiger partial charge in [0.2, 0.25) is 0 Å². The van der Waals surface area contributed by atoms with Crippen LogP contribution in [0.1, 0.15) is 21.5 Å². The summed E-state index contributed by atoms with van der Waals surface area (Å²) in [6.45, 7) is 1.87. The molecule has 0 unspecified atom stereocenters. The highest BCUT2D eigenvalue weighted by molar-refractivity contribution is 8.01. The molecule has 0 atom stereocenters. The summed E-state index contributed by atoms with van der Waals surface area (Å²) >= 11 is 7.68. The van der Waals surface area contributed by atoms with E-state index in [0.717, 1.165) is 22.0 Å². The lowest BCUT2D eigenvalue weighted by Gasteiger charge is -2.28. The van der Waals surface area contributed by atoms with Gasteiger partial charge < -0.3 is 5.32 Å². The summed E-state index contributed by atoms with van der Waals surface area (Å²) < 4.78 is 1.36. The molecule has 13 heteroatoms. The molecule has 0 bridgehead atoms. The van der Waals surface area contributed by atoms with Gasteiger partial charge in [0.05, 0.1) is 25.7 Å². The number of nitrogens with one attached hydrogen (secondary N) is 2. The number of aromatic nitrogens is 1. The van der Waals surface area contributed by atoms with E-state index in [4.69, 9.17) is 12.2 Å². The Morgan fingerprint density at radius 3 is 2.56 bits per heavy atom. The van der Waals surface area contributed by atoms with Gasteiger partial charge in [-0.1, -0.05) is 54.2 Å². The first-order valence-electron chi connectivity index (χ1n) is 13.4. The number of rotatable bonds is 7. The maximum atomic E-state index is 13.3. The number of amides is 3. The number of fused-ring (bicyclic) bond motifs is 1. The third kappa shape index (κ3) is 6.22. The Labute approximate surface area is 269 Å². The van der Waals surface area contributed by atoms with Crippen LogP contribution in [0.15, 0.2) is 106 Å². The molecule has 45 heavy (non-hydrogen) atoms. The largest absolute Gasteiger partial charge is 0.322 e. The van der Waals surface area contributed by atoms with Crippen LogP contribution in [0.5, 0.6) is 0 Å².